The van der Waals surface area contributed by atoms with Gasteiger partial charge in [0.1, 0.15) is 0 Å². The number of guanidine groups is 1. The zero-order valence-electron chi connectivity index (χ0n) is 17.8. The summed E-state index contributed by atoms with van der Waals surface area (Å²) in [5.74, 6) is 1.69. The lowest BCUT2D eigenvalue weighted by molar-refractivity contribution is -0.0491. The van der Waals surface area contributed by atoms with Crippen LogP contribution in [0.2, 0.25) is 0 Å². The topological polar surface area (TPSA) is 57.9 Å². The van der Waals surface area contributed by atoms with Crippen molar-refractivity contribution in [2.45, 2.75) is 45.7 Å². The lowest BCUT2D eigenvalue weighted by Gasteiger charge is -2.42. The number of piperidine rings is 1. The first-order valence-corrected chi connectivity index (χ1v) is 10.3. The molecule has 0 radical (unpaired) electrons. The van der Waals surface area contributed by atoms with Gasteiger partial charge in [-0.3, -0.25) is 9.89 Å². The second-order valence-corrected chi connectivity index (χ2v) is 8.38. The third-order valence-corrected chi connectivity index (χ3v) is 5.91. The number of aromatic nitrogens is 2. The predicted molar refractivity (Wildman–Crippen MR) is 124 cm³/mol. The van der Waals surface area contributed by atoms with Crippen LogP contribution in [-0.4, -0.2) is 83.3 Å². The highest BCUT2D eigenvalue weighted by Crippen LogP contribution is 2.27. The highest BCUT2D eigenvalue weighted by Gasteiger charge is 2.31. The maximum absolute atomic E-state index is 5.63. The van der Waals surface area contributed by atoms with Gasteiger partial charge in [0, 0.05) is 50.7 Å². The van der Waals surface area contributed by atoms with E-state index < -0.39 is 0 Å². The van der Waals surface area contributed by atoms with Gasteiger partial charge in [0.15, 0.2) is 5.96 Å². The number of rotatable bonds is 5. The molecule has 2 unspecified atom stereocenters. The summed E-state index contributed by atoms with van der Waals surface area (Å²) in [7, 11) is 0. The summed E-state index contributed by atoms with van der Waals surface area (Å²) < 4.78 is 7.87. The maximum atomic E-state index is 5.63. The largest absolute Gasteiger partial charge is 0.378 e. The number of hydrogen-bond donors (Lipinski definition) is 1. The average Bonchev–Trinajstić information content (AvgIpc) is 3.17. The van der Waals surface area contributed by atoms with Crippen molar-refractivity contribution in [2.24, 2.45) is 10.9 Å². The molecule has 3 heterocycles. The van der Waals surface area contributed by atoms with Crippen LogP contribution >= 0.6 is 24.0 Å². The number of aliphatic imine (C=N–C) groups is 1. The van der Waals surface area contributed by atoms with Crippen molar-refractivity contribution in [1.29, 1.82) is 0 Å². The third kappa shape index (κ3) is 5.82. The zero-order chi connectivity index (χ0) is 19.3. The van der Waals surface area contributed by atoms with Crippen LogP contribution in [0.3, 0.4) is 0 Å². The number of nitrogens with one attached hydrogen (secondary N) is 1. The summed E-state index contributed by atoms with van der Waals surface area (Å²) >= 11 is 0. The fraction of sp³-hybridized carbons (Fsp3) is 0.800. The van der Waals surface area contributed by atoms with Crippen LogP contribution in [0.15, 0.2) is 23.7 Å². The first-order chi connectivity index (χ1) is 13.0. The molecule has 2 saturated heterocycles. The van der Waals surface area contributed by atoms with Crippen molar-refractivity contribution in [1.82, 2.24) is 24.7 Å². The standard InChI is InChI=1S/C20H36N6O.HI/c1-5-22-19(23-8-11-26-12-13-27-15-20(26,3)4)24-9-6-17(2)18(14-24)25-10-7-21-16-25;/h7,10,16-18H,5-6,8-9,11-15H2,1-4H3,(H,22,23);1H. The first-order valence-electron chi connectivity index (χ1n) is 10.3. The van der Waals surface area contributed by atoms with Gasteiger partial charge < -0.3 is 19.5 Å². The van der Waals surface area contributed by atoms with E-state index in [1.807, 2.05) is 12.5 Å². The molecular weight excluding hydrogens is 467 g/mol. The molecule has 1 N–H and O–H groups in total. The number of hydrogen-bond acceptors (Lipinski definition) is 4. The van der Waals surface area contributed by atoms with E-state index in [1.165, 1.54) is 6.42 Å². The minimum atomic E-state index is 0. The Bertz CT molecular complexity index is 606. The molecular formula is C20H37IN6O. The summed E-state index contributed by atoms with van der Waals surface area (Å²) in [5, 5.41) is 3.50. The normalized spacial score (nSPS) is 26.0. The number of likely N-dealkylation sites (tertiary alicyclic amines) is 1. The smallest absolute Gasteiger partial charge is 0.194 e. The van der Waals surface area contributed by atoms with E-state index in [9.17, 15) is 0 Å². The van der Waals surface area contributed by atoms with Crippen LogP contribution in [-0.2, 0) is 4.74 Å². The highest BCUT2D eigenvalue weighted by molar-refractivity contribution is 14.0. The van der Waals surface area contributed by atoms with Gasteiger partial charge in [0.05, 0.1) is 32.1 Å². The predicted octanol–water partition coefficient (Wildman–Crippen LogP) is 2.46. The van der Waals surface area contributed by atoms with E-state index >= 15 is 0 Å². The van der Waals surface area contributed by atoms with E-state index in [0.717, 1.165) is 58.4 Å². The third-order valence-electron chi connectivity index (χ3n) is 5.91. The van der Waals surface area contributed by atoms with Crippen LogP contribution in [0.25, 0.3) is 0 Å². The molecule has 0 aliphatic carbocycles. The Labute approximate surface area is 186 Å². The fourth-order valence-electron chi connectivity index (χ4n) is 4.10. The van der Waals surface area contributed by atoms with Gasteiger partial charge in [-0.15, -0.1) is 24.0 Å². The number of ether oxygens (including phenoxy) is 1. The quantitative estimate of drug-likeness (QED) is 0.380. The number of morpholine rings is 1. The summed E-state index contributed by atoms with van der Waals surface area (Å²) in [6.07, 6.45) is 7.06. The fourth-order valence-corrected chi connectivity index (χ4v) is 4.10. The molecule has 28 heavy (non-hydrogen) atoms. The Hall–Kier alpha value is -0.870. The summed E-state index contributed by atoms with van der Waals surface area (Å²) in [5.41, 5.74) is 0.0964. The molecule has 0 aromatic carbocycles. The van der Waals surface area contributed by atoms with Gasteiger partial charge in [-0.05, 0) is 33.1 Å². The van der Waals surface area contributed by atoms with Crippen molar-refractivity contribution in [3.05, 3.63) is 18.7 Å². The lowest BCUT2D eigenvalue weighted by atomic mass is 9.93. The molecule has 2 fully saturated rings. The molecule has 2 atom stereocenters. The molecule has 0 bridgehead atoms. The zero-order valence-corrected chi connectivity index (χ0v) is 20.1. The first kappa shape index (κ1) is 23.4. The molecule has 1 aromatic rings. The van der Waals surface area contributed by atoms with Crippen molar-refractivity contribution >= 4 is 29.9 Å². The van der Waals surface area contributed by atoms with Crippen molar-refractivity contribution in [2.75, 3.05) is 52.5 Å². The molecule has 0 saturated carbocycles. The SMILES string of the molecule is CCNC(=NCCN1CCOCC1(C)C)N1CCC(C)C(n2ccnc2)C1.I. The Morgan fingerprint density at radius 3 is 2.86 bits per heavy atom. The Morgan fingerprint density at radius 1 is 1.36 bits per heavy atom. The summed E-state index contributed by atoms with van der Waals surface area (Å²) in [6, 6.07) is 0.447. The van der Waals surface area contributed by atoms with Crippen molar-refractivity contribution < 1.29 is 4.74 Å². The van der Waals surface area contributed by atoms with E-state index in [0.29, 0.717) is 12.0 Å². The minimum Gasteiger partial charge on any atom is -0.378 e. The molecule has 1 aromatic heterocycles. The minimum absolute atomic E-state index is 0. The summed E-state index contributed by atoms with van der Waals surface area (Å²) in [4.78, 5) is 14.1. The monoisotopic (exact) mass is 504 g/mol. The molecule has 160 valence electrons. The van der Waals surface area contributed by atoms with Crippen molar-refractivity contribution in [3.63, 3.8) is 0 Å². The number of halogens is 1. The molecule has 0 amide bonds. The lowest BCUT2D eigenvalue weighted by Crippen LogP contribution is -2.54. The van der Waals surface area contributed by atoms with Crippen LogP contribution in [0.1, 0.15) is 40.2 Å². The van der Waals surface area contributed by atoms with Crippen LogP contribution in [0.4, 0.5) is 0 Å². The van der Waals surface area contributed by atoms with E-state index in [2.05, 4.69) is 58.6 Å². The van der Waals surface area contributed by atoms with Gasteiger partial charge in [-0.25, -0.2) is 4.98 Å². The maximum Gasteiger partial charge on any atom is 0.194 e. The highest BCUT2D eigenvalue weighted by atomic mass is 127. The molecule has 0 spiro atoms. The molecule has 7 nitrogen and oxygen atoms in total. The molecule has 8 heteroatoms. The Balaban J connectivity index is 0.00000280. The van der Waals surface area contributed by atoms with Gasteiger partial charge in [0.25, 0.3) is 0 Å². The number of nitrogens with zero attached hydrogens (tertiary/aromatic N) is 5. The Morgan fingerprint density at radius 2 is 2.18 bits per heavy atom. The van der Waals surface area contributed by atoms with Gasteiger partial charge in [-0.2, -0.15) is 0 Å². The van der Waals surface area contributed by atoms with Crippen LogP contribution in [0.5, 0.6) is 0 Å². The molecule has 2 aliphatic heterocycles. The second kappa shape index (κ2) is 10.8. The average molecular weight is 504 g/mol. The van der Waals surface area contributed by atoms with E-state index in [4.69, 9.17) is 9.73 Å². The van der Waals surface area contributed by atoms with Gasteiger partial charge in [-0.1, -0.05) is 6.92 Å². The molecule has 2 aliphatic rings. The van der Waals surface area contributed by atoms with Gasteiger partial charge >= 0.3 is 0 Å². The summed E-state index contributed by atoms with van der Waals surface area (Å²) in [6.45, 7) is 16.3. The van der Waals surface area contributed by atoms with E-state index in [1.54, 1.807) is 0 Å². The second-order valence-electron chi connectivity index (χ2n) is 8.38. The Kier molecular flexibility index (Phi) is 9.01. The van der Waals surface area contributed by atoms with Gasteiger partial charge in [0.2, 0.25) is 0 Å². The van der Waals surface area contributed by atoms with Crippen molar-refractivity contribution in [3.8, 4) is 0 Å². The number of imidazole rings is 1. The van der Waals surface area contributed by atoms with Crippen LogP contribution in [0, 0.1) is 5.92 Å². The van der Waals surface area contributed by atoms with E-state index in [-0.39, 0.29) is 29.5 Å². The van der Waals surface area contributed by atoms with Crippen LogP contribution < -0.4 is 5.32 Å². The molecule has 3 rings (SSSR count).